The van der Waals surface area contributed by atoms with Gasteiger partial charge in [-0.2, -0.15) is 0 Å². The Morgan fingerprint density at radius 3 is 2.44 bits per heavy atom. The minimum absolute atomic E-state index is 0.147. The van der Waals surface area contributed by atoms with E-state index in [-0.39, 0.29) is 5.60 Å². The van der Waals surface area contributed by atoms with Gasteiger partial charge >= 0.3 is 0 Å². The SMILES string of the molecule is CC[C@@H](O)c1ccccc1OCCOC(C)(C)C. The number of aliphatic hydroxyl groups excluding tert-OH is 1. The van der Waals surface area contributed by atoms with Gasteiger partial charge in [0.2, 0.25) is 0 Å². The highest BCUT2D eigenvalue weighted by atomic mass is 16.5. The first-order valence-electron chi connectivity index (χ1n) is 6.48. The van der Waals surface area contributed by atoms with Gasteiger partial charge in [0.25, 0.3) is 0 Å². The molecule has 18 heavy (non-hydrogen) atoms. The molecule has 0 saturated carbocycles. The molecule has 0 heterocycles. The molecular formula is C15H24O3. The van der Waals surface area contributed by atoms with E-state index in [2.05, 4.69) is 0 Å². The molecule has 1 aromatic carbocycles. The van der Waals surface area contributed by atoms with Crippen LogP contribution in [0, 0.1) is 0 Å². The van der Waals surface area contributed by atoms with E-state index in [1.165, 1.54) is 0 Å². The van der Waals surface area contributed by atoms with Crippen LogP contribution in [-0.4, -0.2) is 23.9 Å². The second-order valence-corrected chi connectivity index (χ2v) is 5.27. The fraction of sp³-hybridized carbons (Fsp3) is 0.600. The summed E-state index contributed by atoms with van der Waals surface area (Å²) in [6.45, 7) is 9.03. The number of ether oxygens (including phenoxy) is 2. The van der Waals surface area contributed by atoms with Crippen LogP contribution in [0.3, 0.4) is 0 Å². The topological polar surface area (TPSA) is 38.7 Å². The zero-order valence-electron chi connectivity index (χ0n) is 11.8. The van der Waals surface area contributed by atoms with Crippen molar-refractivity contribution in [3.8, 4) is 5.75 Å². The average molecular weight is 252 g/mol. The van der Waals surface area contributed by atoms with Gasteiger partial charge in [-0.15, -0.1) is 0 Å². The van der Waals surface area contributed by atoms with Gasteiger partial charge in [-0.25, -0.2) is 0 Å². The molecule has 0 radical (unpaired) electrons. The van der Waals surface area contributed by atoms with E-state index >= 15 is 0 Å². The first-order chi connectivity index (χ1) is 8.44. The molecule has 0 fully saturated rings. The standard InChI is InChI=1S/C15H24O3/c1-5-13(16)12-8-6-7-9-14(12)17-10-11-18-15(2,3)4/h6-9,13,16H,5,10-11H2,1-4H3/t13-/m1/s1. The molecular weight excluding hydrogens is 228 g/mol. The second-order valence-electron chi connectivity index (χ2n) is 5.27. The average Bonchev–Trinajstić information content (AvgIpc) is 2.33. The molecule has 0 aliphatic rings. The molecule has 0 aromatic heterocycles. The third kappa shape index (κ3) is 5.07. The van der Waals surface area contributed by atoms with Gasteiger partial charge in [0, 0.05) is 5.56 Å². The Morgan fingerprint density at radius 2 is 1.83 bits per heavy atom. The maximum absolute atomic E-state index is 9.88. The molecule has 0 bridgehead atoms. The van der Waals surface area contributed by atoms with E-state index in [4.69, 9.17) is 9.47 Å². The van der Waals surface area contributed by atoms with Gasteiger partial charge in [-0.3, -0.25) is 0 Å². The molecule has 0 aliphatic heterocycles. The summed E-state index contributed by atoms with van der Waals surface area (Å²) in [7, 11) is 0. The van der Waals surface area contributed by atoms with Gasteiger partial charge in [0.1, 0.15) is 12.4 Å². The maximum atomic E-state index is 9.88. The third-order valence-corrected chi connectivity index (χ3v) is 2.54. The van der Waals surface area contributed by atoms with E-state index in [1.54, 1.807) is 0 Å². The van der Waals surface area contributed by atoms with Crippen molar-refractivity contribution in [3.63, 3.8) is 0 Å². The molecule has 0 unspecified atom stereocenters. The summed E-state index contributed by atoms with van der Waals surface area (Å²) in [5, 5.41) is 9.88. The van der Waals surface area contributed by atoms with Crippen molar-refractivity contribution >= 4 is 0 Å². The molecule has 3 heteroatoms. The monoisotopic (exact) mass is 252 g/mol. The third-order valence-electron chi connectivity index (χ3n) is 2.54. The summed E-state index contributed by atoms with van der Waals surface area (Å²) in [5.74, 6) is 0.740. The smallest absolute Gasteiger partial charge is 0.125 e. The molecule has 0 spiro atoms. The molecule has 1 N–H and O–H groups in total. The summed E-state index contributed by atoms with van der Waals surface area (Å²) in [6.07, 6.45) is 0.212. The van der Waals surface area contributed by atoms with Crippen molar-refractivity contribution in [1.82, 2.24) is 0 Å². The minimum atomic E-state index is -0.468. The van der Waals surface area contributed by atoms with E-state index in [9.17, 15) is 5.11 Å². The minimum Gasteiger partial charge on any atom is -0.491 e. The van der Waals surface area contributed by atoms with Crippen LogP contribution in [0.25, 0.3) is 0 Å². The molecule has 102 valence electrons. The largest absolute Gasteiger partial charge is 0.491 e. The Labute approximate surface area is 110 Å². The zero-order valence-corrected chi connectivity index (χ0v) is 11.8. The summed E-state index contributed by atoms with van der Waals surface area (Å²) in [5.41, 5.74) is 0.696. The Hall–Kier alpha value is -1.06. The summed E-state index contributed by atoms with van der Waals surface area (Å²) in [6, 6.07) is 7.60. The first-order valence-corrected chi connectivity index (χ1v) is 6.48. The highest BCUT2D eigenvalue weighted by molar-refractivity contribution is 5.34. The zero-order chi connectivity index (χ0) is 13.6. The fourth-order valence-electron chi connectivity index (χ4n) is 1.61. The number of hydrogen-bond acceptors (Lipinski definition) is 3. The molecule has 1 rings (SSSR count). The molecule has 1 aromatic rings. The van der Waals surface area contributed by atoms with Crippen molar-refractivity contribution in [1.29, 1.82) is 0 Å². The van der Waals surface area contributed by atoms with Crippen LogP contribution in [-0.2, 0) is 4.74 Å². The number of benzene rings is 1. The lowest BCUT2D eigenvalue weighted by atomic mass is 10.1. The van der Waals surface area contributed by atoms with E-state index in [0.717, 1.165) is 11.3 Å². The molecule has 0 amide bonds. The molecule has 0 aliphatic carbocycles. The van der Waals surface area contributed by atoms with Crippen LogP contribution in [0.2, 0.25) is 0 Å². The van der Waals surface area contributed by atoms with Crippen molar-refractivity contribution in [3.05, 3.63) is 29.8 Å². The van der Waals surface area contributed by atoms with Gasteiger partial charge in [0.15, 0.2) is 0 Å². The van der Waals surface area contributed by atoms with Crippen LogP contribution >= 0.6 is 0 Å². The molecule has 1 atom stereocenters. The lowest BCUT2D eigenvalue weighted by molar-refractivity contribution is -0.0166. The van der Waals surface area contributed by atoms with E-state index < -0.39 is 6.10 Å². The number of hydrogen-bond donors (Lipinski definition) is 1. The van der Waals surface area contributed by atoms with Crippen molar-refractivity contribution in [2.24, 2.45) is 0 Å². The lowest BCUT2D eigenvalue weighted by Gasteiger charge is -2.20. The van der Waals surface area contributed by atoms with Crippen LogP contribution in [0.1, 0.15) is 45.8 Å². The van der Waals surface area contributed by atoms with E-state index in [0.29, 0.717) is 19.6 Å². The van der Waals surface area contributed by atoms with Gasteiger partial charge in [0.05, 0.1) is 18.3 Å². The Bertz CT molecular complexity index is 355. The number of rotatable bonds is 6. The summed E-state index contributed by atoms with van der Waals surface area (Å²) in [4.78, 5) is 0. The van der Waals surface area contributed by atoms with Gasteiger partial charge in [-0.1, -0.05) is 25.1 Å². The van der Waals surface area contributed by atoms with Gasteiger partial charge < -0.3 is 14.6 Å². The highest BCUT2D eigenvalue weighted by Gasteiger charge is 2.12. The predicted octanol–water partition coefficient (Wildman–Crippen LogP) is 3.32. The lowest BCUT2D eigenvalue weighted by Crippen LogP contribution is -2.22. The molecule has 3 nitrogen and oxygen atoms in total. The van der Waals surface area contributed by atoms with E-state index in [1.807, 2.05) is 52.0 Å². The number of para-hydroxylation sites is 1. The number of aliphatic hydroxyl groups is 1. The van der Waals surface area contributed by atoms with Crippen molar-refractivity contribution in [2.75, 3.05) is 13.2 Å². The van der Waals surface area contributed by atoms with Crippen molar-refractivity contribution in [2.45, 2.75) is 45.8 Å². The van der Waals surface area contributed by atoms with Gasteiger partial charge in [-0.05, 0) is 33.3 Å². The maximum Gasteiger partial charge on any atom is 0.125 e. The second kappa shape index (κ2) is 6.76. The van der Waals surface area contributed by atoms with Crippen molar-refractivity contribution < 1.29 is 14.6 Å². The summed E-state index contributed by atoms with van der Waals surface area (Å²) < 4.78 is 11.3. The highest BCUT2D eigenvalue weighted by Crippen LogP contribution is 2.26. The predicted molar refractivity (Wildman–Crippen MR) is 72.9 cm³/mol. The van der Waals surface area contributed by atoms with Crippen LogP contribution in [0.4, 0.5) is 0 Å². The first kappa shape index (κ1) is 15.0. The Balaban J connectivity index is 2.52. The van der Waals surface area contributed by atoms with Crippen LogP contribution in [0.5, 0.6) is 5.75 Å². The summed E-state index contributed by atoms with van der Waals surface area (Å²) >= 11 is 0. The Morgan fingerprint density at radius 1 is 1.17 bits per heavy atom. The van der Waals surface area contributed by atoms with Crippen LogP contribution < -0.4 is 4.74 Å². The quantitative estimate of drug-likeness (QED) is 0.789. The molecule has 0 saturated heterocycles. The normalized spacial score (nSPS) is 13.4. The van der Waals surface area contributed by atoms with Crippen LogP contribution in [0.15, 0.2) is 24.3 Å². The Kier molecular flexibility index (Phi) is 5.63. The fourth-order valence-corrected chi connectivity index (χ4v) is 1.61.